The number of sulfonamides is 1. The van der Waals surface area contributed by atoms with Gasteiger partial charge in [0.05, 0.1) is 37.6 Å². The van der Waals surface area contributed by atoms with Crippen molar-refractivity contribution >= 4 is 21.6 Å². The van der Waals surface area contributed by atoms with Gasteiger partial charge < -0.3 is 10.6 Å². The number of piperazine rings is 1. The van der Waals surface area contributed by atoms with E-state index in [1.54, 1.807) is 37.3 Å². The summed E-state index contributed by atoms with van der Waals surface area (Å²) in [4.78, 5) is 40.3. The Morgan fingerprint density at radius 3 is 2.11 bits per heavy atom. The number of aromatic nitrogens is 2. The highest BCUT2D eigenvalue weighted by Gasteiger charge is 2.32. The van der Waals surface area contributed by atoms with Gasteiger partial charge in [-0.25, -0.2) is 13.2 Å². The van der Waals surface area contributed by atoms with Crippen LogP contribution in [0.15, 0.2) is 75.1 Å². The number of Topliss-reactive ketones (excluding diaryl/α,β-unsaturated/α-hetero) is 1. The first-order valence-corrected chi connectivity index (χ1v) is 13.3. The van der Waals surface area contributed by atoms with Gasteiger partial charge in [0, 0.05) is 6.54 Å². The van der Waals surface area contributed by atoms with Crippen molar-refractivity contribution in [2.75, 3.05) is 38.5 Å². The second-order valence-electron chi connectivity index (χ2n) is 8.73. The van der Waals surface area contributed by atoms with E-state index in [4.69, 9.17) is 5.73 Å². The number of nitrogens with one attached hydrogen (secondary N) is 1. The number of carbonyl (C=O) groups is 1. The molecular weight excluding hydrogens is 482 g/mol. The molecule has 36 heavy (non-hydrogen) atoms. The van der Waals surface area contributed by atoms with Crippen LogP contribution < -0.4 is 21.9 Å². The van der Waals surface area contributed by atoms with Gasteiger partial charge in [-0.1, -0.05) is 48.5 Å². The van der Waals surface area contributed by atoms with Crippen molar-refractivity contribution in [1.29, 1.82) is 0 Å². The number of hydrogen-bond donors (Lipinski definition) is 2. The van der Waals surface area contributed by atoms with Crippen molar-refractivity contribution in [3.8, 4) is 0 Å². The van der Waals surface area contributed by atoms with E-state index >= 15 is 0 Å². The summed E-state index contributed by atoms with van der Waals surface area (Å²) in [7, 11) is -3.61. The molecule has 0 bridgehead atoms. The van der Waals surface area contributed by atoms with Gasteiger partial charge in [0.2, 0.25) is 15.8 Å². The van der Waals surface area contributed by atoms with Gasteiger partial charge >= 0.3 is 5.69 Å². The molecule has 0 amide bonds. The fourth-order valence-electron chi connectivity index (χ4n) is 4.45. The highest BCUT2D eigenvalue weighted by Crippen LogP contribution is 2.15. The number of anilines is 1. The lowest BCUT2D eigenvalue weighted by Crippen LogP contribution is -3.15. The number of hydrogen-bond acceptors (Lipinski definition) is 6. The van der Waals surface area contributed by atoms with Gasteiger partial charge in [-0.15, -0.1) is 0 Å². The highest BCUT2D eigenvalue weighted by atomic mass is 32.2. The molecule has 3 aromatic rings. The van der Waals surface area contributed by atoms with Gasteiger partial charge in [-0.3, -0.25) is 18.7 Å². The zero-order valence-corrected chi connectivity index (χ0v) is 20.9. The minimum Gasteiger partial charge on any atom is -0.384 e. The highest BCUT2D eigenvalue weighted by molar-refractivity contribution is 7.89. The van der Waals surface area contributed by atoms with E-state index < -0.39 is 27.1 Å². The van der Waals surface area contributed by atoms with E-state index in [2.05, 4.69) is 0 Å². The number of nitrogens with zero attached hydrogens (tertiary/aromatic N) is 3. The SMILES string of the molecule is CCn1c(=O)c(C(=O)C[NH+]2CCN(S(=O)(=O)c3ccccc3)CC2)c(N)n(Cc2ccccc2)c1=O. The molecule has 0 atom stereocenters. The molecule has 10 nitrogen and oxygen atoms in total. The predicted octanol–water partition coefficient (Wildman–Crippen LogP) is -0.567. The molecule has 0 saturated carbocycles. The van der Waals surface area contributed by atoms with Gasteiger partial charge in [-0.2, -0.15) is 4.31 Å². The summed E-state index contributed by atoms with van der Waals surface area (Å²) in [6, 6.07) is 17.4. The lowest BCUT2D eigenvalue weighted by molar-refractivity contribution is -0.895. The molecule has 1 aliphatic rings. The molecule has 1 fully saturated rings. The molecule has 1 aromatic heterocycles. The summed E-state index contributed by atoms with van der Waals surface area (Å²) in [6.07, 6.45) is 0. The quantitative estimate of drug-likeness (QED) is 0.389. The number of ketones is 1. The van der Waals surface area contributed by atoms with E-state index in [9.17, 15) is 22.8 Å². The Morgan fingerprint density at radius 1 is 0.944 bits per heavy atom. The minimum atomic E-state index is -3.61. The summed E-state index contributed by atoms with van der Waals surface area (Å²) >= 11 is 0. The van der Waals surface area contributed by atoms with Crippen LogP contribution in [0.2, 0.25) is 0 Å². The molecule has 0 spiro atoms. The lowest BCUT2D eigenvalue weighted by atomic mass is 10.1. The van der Waals surface area contributed by atoms with Crippen LogP contribution in [-0.2, 0) is 23.1 Å². The van der Waals surface area contributed by atoms with Gasteiger partial charge in [0.1, 0.15) is 17.9 Å². The van der Waals surface area contributed by atoms with Crippen LogP contribution in [0, 0.1) is 0 Å². The van der Waals surface area contributed by atoms with Crippen LogP contribution in [0.5, 0.6) is 0 Å². The first-order valence-electron chi connectivity index (χ1n) is 11.8. The van der Waals surface area contributed by atoms with Crippen LogP contribution in [-0.4, -0.2) is 60.4 Å². The first kappa shape index (κ1) is 25.5. The molecule has 2 aromatic carbocycles. The maximum absolute atomic E-state index is 13.3. The monoisotopic (exact) mass is 512 g/mol. The van der Waals surface area contributed by atoms with Gasteiger partial charge in [0.25, 0.3) is 5.56 Å². The molecule has 2 heterocycles. The molecule has 4 rings (SSSR count). The van der Waals surface area contributed by atoms with Crippen molar-refractivity contribution < 1.29 is 18.1 Å². The van der Waals surface area contributed by atoms with Gasteiger partial charge in [-0.05, 0) is 24.6 Å². The fraction of sp³-hybridized carbons (Fsp3) is 0.320. The number of carbonyl (C=O) groups excluding carboxylic acids is 1. The van der Waals surface area contributed by atoms with E-state index in [1.807, 2.05) is 30.3 Å². The Balaban J connectivity index is 1.53. The molecular formula is C25H30N5O5S+. The Morgan fingerprint density at radius 2 is 1.53 bits per heavy atom. The largest absolute Gasteiger partial charge is 0.384 e. The summed E-state index contributed by atoms with van der Waals surface area (Å²) in [5.74, 6) is -0.607. The van der Waals surface area contributed by atoms with E-state index in [-0.39, 0.29) is 49.0 Å². The van der Waals surface area contributed by atoms with E-state index in [1.165, 1.54) is 8.87 Å². The molecule has 11 heteroatoms. The Bertz CT molecular complexity index is 1460. The number of benzene rings is 2. The van der Waals surface area contributed by atoms with Crippen LogP contribution in [0.1, 0.15) is 22.8 Å². The second kappa shape index (κ2) is 10.6. The second-order valence-corrected chi connectivity index (χ2v) is 10.7. The maximum atomic E-state index is 13.3. The average Bonchev–Trinajstić information content (AvgIpc) is 2.88. The fourth-order valence-corrected chi connectivity index (χ4v) is 5.91. The molecule has 3 N–H and O–H groups in total. The topological polar surface area (TPSA) is 129 Å². The third kappa shape index (κ3) is 5.03. The third-order valence-electron chi connectivity index (χ3n) is 6.47. The van der Waals surface area contributed by atoms with Crippen molar-refractivity contribution in [2.24, 2.45) is 0 Å². The zero-order valence-electron chi connectivity index (χ0n) is 20.1. The Kier molecular flexibility index (Phi) is 7.53. The van der Waals surface area contributed by atoms with Crippen molar-refractivity contribution in [3.05, 3.63) is 92.6 Å². The number of nitrogen functional groups attached to an aromatic ring is 1. The van der Waals surface area contributed by atoms with Crippen LogP contribution >= 0.6 is 0 Å². The Labute approximate surface area is 209 Å². The van der Waals surface area contributed by atoms with E-state index in [0.717, 1.165) is 15.0 Å². The van der Waals surface area contributed by atoms with Crippen LogP contribution in [0.3, 0.4) is 0 Å². The van der Waals surface area contributed by atoms with Crippen molar-refractivity contribution in [3.63, 3.8) is 0 Å². The third-order valence-corrected chi connectivity index (χ3v) is 8.38. The molecule has 190 valence electrons. The molecule has 0 aliphatic carbocycles. The molecule has 1 aliphatic heterocycles. The smallest absolute Gasteiger partial charge is 0.332 e. The van der Waals surface area contributed by atoms with E-state index in [0.29, 0.717) is 13.1 Å². The zero-order chi connectivity index (χ0) is 25.9. The predicted molar refractivity (Wildman–Crippen MR) is 136 cm³/mol. The first-order chi connectivity index (χ1) is 17.2. The summed E-state index contributed by atoms with van der Waals surface area (Å²) in [5.41, 5.74) is 5.60. The van der Waals surface area contributed by atoms with Crippen LogP contribution in [0.25, 0.3) is 0 Å². The normalized spacial score (nSPS) is 15.1. The standard InChI is InChI=1S/C25H29N5O5S/c1-2-29-24(32)22(23(26)30(25(29)33)17-19-9-5-3-6-10-19)21(31)18-27-13-15-28(16-14-27)36(34,35)20-11-7-4-8-12-20/h3-12H,2,13-18,26H2,1H3/p+1. The maximum Gasteiger partial charge on any atom is 0.332 e. The van der Waals surface area contributed by atoms with Crippen LogP contribution in [0.4, 0.5) is 5.82 Å². The van der Waals surface area contributed by atoms with Crippen molar-refractivity contribution in [2.45, 2.75) is 24.9 Å². The number of nitrogens with two attached hydrogens (primary N) is 1. The van der Waals surface area contributed by atoms with Crippen molar-refractivity contribution in [1.82, 2.24) is 13.4 Å². The summed E-state index contributed by atoms with van der Waals surface area (Å²) in [6.45, 7) is 3.20. The number of rotatable bonds is 8. The number of quaternary nitrogens is 1. The summed E-state index contributed by atoms with van der Waals surface area (Å²) < 4.78 is 29.4. The molecule has 0 radical (unpaired) electrons. The lowest BCUT2D eigenvalue weighted by Gasteiger charge is -2.31. The Hall–Kier alpha value is -3.54. The average molecular weight is 513 g/mol. The molecule has 1 saturated heterocycles. The minimum absolute atomic E-state index is 0.0219. The molecule has 0 unspecified atom stereocenters. The summed E-state index contributed by atoms with van der Waals surface area (Å²) in [5, 5.41) is 0. The van der Waals surface area contributed by atoms with Gasteiger partial charge in [0.15, 0.2) is 0 Å².